The summed E-state index contributed by atoms with van der Waals surface area (Å²) in [5.74, 6) is -0.846. The molecule has 3 aromatic rings. The molecule has 0 aliphatic heterocycles. The minimum atomic E-state index is -0.365. The van der Waals surface area contributed by atoms with Crippen molar-refractivity contribution in [1.29, 1.82) is 0 Å². The first-order valence-corrected chi connectivity index (χ1v) is 13.9. The Morgan fingerprint density at radius 3 is 1.19 bits per heavy atom. The maximum atomic E-state index is 12.9. The second-order valence-corrected chi connectivity index (χ2v) is 10.6. The van der Waals surface area contributed by atoms with E-state index in [1.165, 1.54) is 6.07 Å². The fourth-order valence-corrected chi connectivity index (χ4v) is 4.04. The highest BCUT2D eigenvalue weighted by Crippen LogP contribution is 2.18. The van der Waals surface area contributed by atoms with Crippen LogP contribution in [0.3, 0.4) is 0 Å². The van der Waals surface area contributed by atoms with E-state index in [1.807, 2.05) is 38.0 Å². The molecule has 42 heavy (non-hydrogen) atoms. The molecule has 0 heterocycles. The Morgan fingerprint density at radius 2 is 0.857 bits per heavy atom. The average Bonchev–Trinajstić information content (AvgIpc) is 2.94. The summed E-state index contributed by atoms with van der Waals surface area (Å²) in [6.45, 7) is 1.68. The molecule has 10 heteroatoms. The number of carbonyl (C=O) groups excluding carboxylic acids is 4. The van der Waals surface area contributed by atoms with Crippen molar-refractivity contribution in [2.24, 2.45) is 0 Å². The zero-order valence-corrected chi connectivity index (χ0v) is 24.7. The highest BCUT2D eigenvalue weighted by atomic mass is 16.2. The molecule has 0 aliphatic carbocycles. The van der Waals surface area contributed by atoms with Crippen LogP contribution in [0.15, 0.2) is 72.8 Å². The van der Waals surface area contributed by atoms with Crippen LogP contribution in [0.4, 0.5) is 22.7 Å². The van der Waals surface area contributed by atoms with Gasteiger partial charge >= 0.3 is 0 Å². The summed E-state index contributed by atoms with van der Waals surface area (Å²) in [6.07, 6.45) is 2.41. The molecule has 4 amide bonds. The predicted octanol–water partition coefficient (Wildman–Crippen LogP) is 4.75. The summed E-state index contributed by atoms with van der Waals surface area (Å²) >= 11 is 0. The molecular weight excluding hydrogens is 532 g/mol. The Morgan fingerprint density at radius 1 is 0.524 bits per heavy atom. The molecule has 4 N–H and O–H groups in total. The van der Waals surface area contributed by atoms with E-state index in [-0.39, 0.29) is 23.6 Å². The number of benzene rings is 3. The molecule has 0 radical (unpaired) electrons. The van der Waals surface area contributed by atoms with Gasteiger partial charge in [-0.25, -0.2) is 0 Å². The van der Waals surface area contributed by atoms with Crippen molar-refractivity contribution in [2.75, 3.05) is 62.5 Å². The fourth-order valence-electron chi connectivity index (χ4n) is 4.04. The van der Waals surface area contributed by atoms with E-state index in [0.717, 1.165) is 25.9 Å². The maximum absolute atomic E-state index is 12.9. The number of hydrogen-bond donors (Lipinski definition) is 4. The highest BCUT2D eigenvalue weighted by molar-refractivity contribution is 6.09. The average molecular weight is 573 g/mol. The van der Waals surface area contributed by atoms with Crippen molar-refractivity contribution in [3.63, 3.8) is 0 Å². The Bertz CT molecular complexity index is 1250. The molecule has 0 saturated heterocycles. The summed E-state index contributed by atoms with van der Waals surface area (Å²) < 4.78 is 0. The van der Waals surface area contributed by atoms with E-state index < -0.39 is 0 Å². The van der Waals surface area contributed by atoms with Crippen molar-refractivity contribution < 1.29 is 19.2 Å². The number of hydrogen-bond acceptors (Lipinski definition) is 6. The second kappa shape index (κ2) is 16.0. The molecule has 0 saturated carbocycles. The lowest BCUT2D eigenvalue weighted by Gasteiger charge is -2.11. The van der Waals surface area contributed by atoms with Gasteiger partial charge in [0.15, 0.2) is 0 Å². The van der Waals surface area contributed by atoms with Crippen molar-refractivity contribution in [2.45, 2.75) is 25.7 Å². The van der Waals surface area contributed by atoms with Crippen molar-refractivity contribution >= 4 is 46.4 Å². The van der Waals surface area contributed by atoms with Crippen LogP contribution in [-0.2, 0) is 9.59 Å². The van der Waals surface area contributed by atoms with Crippen molar-refractivity contribution in [1.82, 2.24) is 9.80 Å². The molecule has 0 aromatic heterocycles. The third-order valence-corrected chi connectivity index (χ3v) is 6.26. The Labute approximate surface area is 247 Å². The third kappa shape index (κ3) is 11.1. The molecule has 0 fully saturated rings. The van der Waals surface area contributed by atoms with Gasteiger partial charge < -0.3 is 31.1 Å². The number of nitrogens with one attached hydrogen (secondary N) is 4. The van der Waals surface area contributed by atoms with Crippen LogP contribution in [-0.4, -0.2) is 74.7 Å². The minimum absolute atomic E-state index is 0.0578. The summed E-state index contributed by atoms with van der Waals surface area (Å²) in [5.41, 5.74) is 3.08. The van der Waals surface area contributed by atoms with Gasteiger partial charge in [0, 0.05) is 46.7 Å². The highest BCUT2D eigenvalue weighted by Gasteiger charge is 2.12. The van der Waals surface area contributed by atoms with Gasteiger partial charge in [0.2, 0.25) is 11.8 Å². The topological polar surface area (TPSA) is 123 Å². The summed E-state index contributed by atoms with van der Waals surface area (Å²) in [7, 11) is 7.87. The van der Waals surface area contributed by atoms with Gasteiger partial charge in [-0.1, -0.05) is 6.07 Å². The van der Waals surface area contributed by atoms with Gasteiger partial charge in [0.1, 0.15) is 0 Å². The molecule has 0 bridgehead atoms. The number of carbonyl (C=O) groups is 4. The zero-order valence-electron chi connectivity index (χ0n) is 24.7. The van der Waals surface area contributed by atoms with E-state index in [2.05, 4.69) is 21.3 Å². The molecule has 222 valence electrons. The molecule has 0 aliphatic rings. The number of anilines is 4. The van der Waals surface area contributed by atoms with E-state index in [9.17, 15) is 19.2 Å². The van der Waals surface area contributed by atoms with Crippen molar-refractivity contribution in [3.05, 3.63) is 83.9 Å². The Balaban J connectivity index is 1.51. The number of nitrogens with zero attached hydrogens (tertiary/aromatic N) is 2. The van der Waals surface area contributed by atoms with Crippen LogP contribution < -0.4 is 21.3 Å². The van der Waals surface area contributed by atoms with E-state index >= 15 is 0 Å². The van der Waals surface area contributed by atoms with Crippen LogP contribution in [0.1, 0.15) is 46.4 Å². The van der Waals surface area contributed by atoms with Crippen LogP contribution in [0.25, 0.3) is 0 Å². The molecular formula is C32H40N6O4. The van der Waals surface area contributed by atoms with Gasteiger partial charge in [-0.2, -0.15) is 0 Å². The van der Waals surface area contributed by atoms with Crippen molar-refractivity contribution in [3.8, 4) is 0 Å². The Kier molecular flexibility index (Phi) is 12.2. The second-order valence-electron chi connectivity index (χ2n) is 10.6. The quantitative estimate of drug-likeness (QED) is 0.221. The zero-order chi connectivity index (χ0) is 30.5. The normalized spacial score (nSPS) is 10.8. The first kappa shape index (κ1) is 32.0. The predicted molar refractivity (Wildman–Crippen MR) is 168 cm³/mol. The van der Waals surface area contributed by atoms with Crippen LogP contribution in [0, 0.1) is 0 Å². The van der Waals surface area contributed by atoms with Crippen LogP contribution in [0.2, 0.25) is 0 Å². The van der Waals surface area contributed by atoms with Gasteiger partial charge in [-0.05, 0) is 121 Å². The van der Waals surface area contributed by atoms with Crippen LogP contribution >= 0.6 is 0 Å². The molecule has 0 atom stereocenters. The lowest BCUT2D eigenvalue weighted by Crippen LogP contribution is -2.17. The van der Waals surface area contributed by atoms with E-state index in [1.54, 1.807) is 66.7 Å². The third-order valence-electron chi connectivity index (χ3n) is 6.26. The van der Waals surface area contributed by atoms with Gasteiger partial charge in [-0.15, -0.1) is 0 Å². The monoisotopic (exact) mass is 572 g/mol. The Hall–Kier alpha value is -4.54. The van der Waals surface area contributed by atoms with E-state index in [0.29, 0.717) is 46.7 Å². The molecule has 10 nitrogen and oxygen atoms in total. The van der Waals surface area contributed by atoms with Gasteiger partial charge in [0.05, 0.1) is 0 Å². The lowest BCUT2D eigenvalue weighted by molar-refractivity contribution is -0.117. The smallest absolute Gasteiger partial charge is 0.255 e. The summed E-state index contributed by atoms with van der Waals surface area (Å²) in [6, 6.07) is 20.2. The van der Waals surface area contributed by atoms with Gasteiger partial charge in [-0.3, -0.25) is 19.2 Å². The van der Waals surface area contributed by atoms with Crippen LogP contribution in [0.5, 0.6) is 0 Å². The minimum Gasteiger partial charge on any atom is -0.326 e. The largest absolute Gasteiger partial charge is 0.326 e. The lowest BCUT2D eigenvalue weighted by atomic mass is 10.1. The first-order chi connectivity index (χ1) is 20.1. The number of rotatable bonds is 14. The molecule has 3 aromatic carbocycles. The van der Waals surface area contributed by atoms with Gasteiger partial charge in [0.25, 0.3) is 11.8 Å². The number of amides is 4. The fraction of sp³-hybridized carbons (Fsp3) is 0.312. The maximum Gasteiger partial charge on any atom is 0.255 e. The summed E-state index contributed by atoms with van der Waals surface area (Å²) in [5, 5.41) is 11.3. The molecule has 0 unspecified atom stereocenters. The summed E-state index contributed by atoms with van der Waals surface area (Å²) in [4.78, 5) is 54.0. The van der Waals surface area contributed by atoms with E-state index in [4.69, 9.17) is 0 Å². The SMILES string of the molecule is CN(C)CCCC(=O)Nc1ccc(NC(=O)c2cccc(C(=O)Nc3ccc(NC(=O)CCCN(C)C)cc3)c2)cc1. The molecule has 0 spiro atoms. The molecule has 3 rings (SSSR count). The first-order valence-electron chi connectivity index (χ1n) is 13.9. The standard InChI is InChI=1S/C32H40N6O4/c1-37(2)20-6-10-29(39)33-25-12-16-27(17-13-25)35-31(41)23-8-5-9-24(22-23)32(42)36-28-18-14-26(15-19-28)34-30(40)11-7-21-38(3)4/h5,8-9,12-19,22H,6-7,10-11,20-21H2,1-4H3,(H,33,39)(H,34,40)(H,35,41)(H,36,42).